The molecule has 20 heavy (non-hydrogen) atoms. The second-order valence-electron chi connectivity index (χ2n) is 6.22. The molecule has 2 aliphatic heterocycles. The maximum absolute atomic E-state index is 3.54. The largest absolute Gasteiger partial charge is 0.316 e. The lowest BCUT2D eigenvalue weighted by Gasteiger charge is -2.29. The Morgan fingerprint density at radius 3 is 2.85 bits per heavy atom. The van der Waals surface area contributed by atoms with Gasteiger partial charge in [0.1, 0.15) is 0 Å². The fourth-order valence-electron chi connectivity index (χ4n) is 3.43. The zero-order valence-electron chi connectivity index (χ0n) is 12.4. The van der Waals surface area contributed by atoms with E-state index in [1.54, 1.807) is 0 Å². The minimum atomic E-state index is 0.882. The summed E-state index contributed by atoms with van der Waals surface area (Å²) in [6, 6.07) is 4.43. The van der Waals surface area contributed by atoms with Crippen LogP contribution < -0.4 is 5.32 Å². The predicted octanol–water partition coefficient (Wildman–Crippen LogP) is 2.26. The lowest BCUT2D eigenvalue weighted by Crippen LogP contribution is -2.39. The maximum atomic E-state index is 3.54. The van der Waals surface area contributed by atoms with E-state index in [1.165, 1.54) is 70.0 Å². The molecule has 0 aromatic carbocycles. The third-order valence-corrected chi connectivity index (χ3v) is 5.42. The lowest BCUT2D eigenvalue weighted by molar-refractivity contribution is 0.207. The average molecular weight is 293 g/mol. The van der Waals surface area contributed by atoms with Gasteiger partial charge >= 0.3 is 0 Å². The summed E-state index contributed by atoms with van der Waals surface area (Å²) in [6.07, 6.45) is 4.11. The molecule has 3 heterocycles. The Hall–Kier alpha value is -0.420. The van der Waals surface area contributed by atoms with Crippen LogP contribution in [0.3, 0.4) is 0 Å². The molecule has 1 aromatic heterocycles. The molecule has 2 aliphatic rings. The van der Waals surface area contributed by atoms with E-state index in [-0.39, 0.29) is 0 Å². The lowest BCUT2D eigenvalue weighted by atomic mass is 9.99. The fourth-order valence-corrected chi connectivity index (χ4v) is 4.18. The first-order chi connectivity index (χ1) is 9.90. The van der Waals surface area contributed by atoms with Crippen molar-refractivity contribution in [3.05, 3.63) is 22.4 Å². The molecule has 2 saturated heterocycles. The van der Waals surface area contributed by atoms with Crippen molar-refractivity contribution in [2.75, 3.05) is 45.8 Å². The first kappa shape index (κ1) is 14.5. The van der Waals surface area contributed by atoms with Gasteiger partial charge in [0, 0.05) is 31.1 Å². The molecule has 0 amide bonds. The number of hydrogen-bond acceptors (Lipinski definition) is 4. The smallest absolute Gasteiger partial charge is 0.0328 e. The SMILES string of the molecule is c1csc(CN2CCCN(CC3CCCNC3)CC2)c1. The normalized spacial score (nSPS) is 26.5. The van der Waals surface area contributed by atoms with Crippen molar-refractivity contribution in [2.45, 2.75) is 25.8 Å². The summed E-state index contributed by atoms with van der Waals surface area (Å²) in [6.45, 7) is 9.95. The van der Waals surface area contributed by atoms with E-state index in [0.717, 1.165) is 12.5 Å². The van der Waals surface area contributed by atoms with E-state index in [9.17, 15) is 0 Å². The van der Waals surface area contributed by atoms with Gasteiger partial charge in [-0.1, -0.05) is 6.07 Å². The molecule has 4 heteroatoms. The molecule has 112 valence electrons. The van der Waals surface area contributed by atoms with Gasteiger partial charge in [-0.05, 0) is 62.8 Å². The zero-order valence-corrected chi connectivity index (χ0v) is 13.2. The maximum Gasteiger partial charge on any atom is 0.0328 e. The molecule has 0 radical (unpaired) electrons. The monoisotopic (exact) mass is 293 g/mol. The molecule has 2 fully saturated rings. The van der Waals surface area contributed by atoms with Crippen molar-refractivity contribution in [1.29, 1.82) is 0 Å². The highest BCUT2D eigenvalue weighted by molar-refractivity contribution is 7.09. The van der Waals surface area contributed by atoms with Crippen molar-refractivity contribution in [3.63, 3.8) is 0 Å². The summed E-state index contributed by atoms with van der Waals surface area (Å²) in [5, 5.41) is 5.73. The van der Waals surface area contributed by atoms with Gasteiger partial charge in [-0.2, -0.15) is 0 Å². The van der Waals surface area contributed by atoms with Crippen LogP contribution >= 0.6 is 11.3 Å². The molecule has 0 saturated carbocycles. The number of thiophene rings is 1. The zero-order chi connectivity index (χ0) is 13.6. The molecule has 0 aliphatic carbocycles. The number of nitrogens with one attached hydrogen (secondary N) is 1. The first-order valence-corrected chi connectivity index (χ1v) is 8.96. The van der Waals surface area contributed by atoms with Gasteiger partial charge in [-0.15, -0.1) is 11.3 Å². The summed E-state index contributed by atoms with van der Waals surface area (Å²) in [7, 11) is 0. The van der Waals surface area contributed by atoms with E-state index in [1.807, 2.05) is 11.3 Å². The summed E-state index contributed by atoms with van der Waals surface area (Å²) in [4.78, 5) is 6.84. The van der Waals surface area contributed by atoms with E-state index in [4.69, 9.17) is 0 Å². The number of hydrogen-bond donors (Lipinski definition) is 1. The van der Waals surface area contributed by atoms with Gasteiger partial charge in [-0.25, -0.2) is 0 Å². The van der Waals surface area contributed by atoms with Crippen LogP contribution in [0.2, 0.25) is 0 Å². The Bertz CT molecular complexity index is 373. The second-order valence-corrected chi connectivity index (χ2v) is 7.25. The van der Waals surface area contributed by atoms with E-state index in [2.05, 4.69) is 32.6 Å². The van der Waals surface area contributed by atoms with Crippen LogP contribution in [0.25, 0.3) is 0 Å². The molecular weight excluding hydrogens is 266 g/mol. The molecule has 3 rings (SSSR count). The van der Waals surface area contributed by atoms with Crippen LogP contribution in [0.15, 0.2) is 17.5 Å². The van der Waals surface area contributed by atoms with Crippen LogP contribution in [0, 0.1) is 5.92 Å². The Morgan fingerprint density at radius 1 is 1.15 bits per heavy atom. The molecule has 0 spiro atoms. The van der Waals surface area contributed by atoms with Crippen molar-refractivity contribution in [3.8, 4) is 0 Å². The topological polar surface area (TPSA) is 18.5 Å². The third-order valence-electron chi connectivity index (χ3n) is 4.56. The van der Waals surface area contributed by atoms with Crippen molar-refractivity contribution in [1.82, 2.24) is 15.1 Å². The molecule has 1 unspecified atom stereocenters. The first-order valence-electron chi connectivity index (χ1n) is 8.08. The van der Waals surface area contributed by atoms with Gasteiger partial charge in [0.05, 0.1) is 0 Å². The summed E-state index contributed by atoms with van der Waals surface area (Å²) in [5.74, 6) is 0.882. The standard InChI is InChI=1S/C16H27N3S/c1-4-15(12-17-6-1)13-18-7-3-8-19(10-9-18)14-16-5-2-11-20-16/h2,5,11,15,17H,1,3-4,6-10,12-14H2. The van der Waals surface area contributed by atoms with Gasteiger partial charge in [0.25, 0.3) is 0 Å². The van der Waals surface area contributed by atoms with Crippen molar-refractivity contribution < 1.29 is 0 Å². The van der Waals surface area contributed by atoms with E-state index in [0.29, 0.717) is 0 Å². The van der Waals surface area contributed by atoms with Crippen LogP contribution in [0.1, 0.15) is 24.1 Å². The van der Waals surface area contributed by atoms with Crippen molar-refractivity contribution >= 4 is 11.3 Å². The van der Waals surface area contributed by atoms with Gasteiger partial charge in [0.15, 0.2) is 0 Å². The summed E-state index contributed by atoms with van der Waals surface area (Å²) < 4.78 is 0. The van der Waals surface area contributed by atoms with Gasteiger partial charge in [-0.3, -0.25) is 4.90 Å². The number of piperidine rings is 1. The third kappa shape index (κ3) is 4.29. The molecule has 1 aromatic rings. The van der Waals surface area contributed by atoms with E-state index < -0.39 is 0 Å². The van der Waals surface area contributed by atoms with Gasteiger partial charge < -0.3 is 10.2 Å². The molecule has 1 atom stereocenters. The number of nitrogens with zero attached hydrogens (tertiary/aromatic N) is 2. The highest BCUT2D eigenvalue weighted by Gasteiger charge is 2.20. The molecular formula is C16H27N3S. The van der Waals surface area contributed by atoms with Crippen LogP contribution in [0.5, 0.6) is 0 Å². The van der Waals surface area contributed by atoms with Crippen LogP contribution in [-0.2, 0) is 6.54 Å². The molecule has 1 N–H and O–H groups in total. The molecule has 3 nitrogen and oxygen atoms in total. The van der Waals surface area contributed by atoms with Crippen LogP contribution in [-0.4, -0.2) is 55.6 Å². The second kappa shape index (κ2) is 7.55. The summed E-state index contributed by atoms with van der Waals surface area (Å²) >= 11 is 1.89. The Labute approximate surface area is 127 Å². The van der Waals surface area contributed by atoms with Crippen LogP contribution in [0.4, 0.5) is 0 Å². The van der Waals surface area contributed by atoms with Gasteiger partial charge in [0.2, 0.25) is 0 Å². The minimum absolute atomic E-state index is 0.882. The Kier molecular flexibility index (Phi) is 5.48. The Balaban J connectivity index is 1.44. The quantitative estimate of drug-likeness (QED) is 0.918. The fraction of sp³-hybridized carbons (Fsp3) is 0.750. The highest BCUT2D eigenvalue weighted by Crippen LogP contribution is 2.16. The predicted molar refractivity (Wildman–Crippen MR) is 86.2 cm³/mol. The minimum Gasteiger partial charge on any atom is -0.316 e. The average Bonchev–Trinajstić information content (AvgIpc) is 2.88. The number of rotatable bonds is 4. The highest BCUT2D eigenvalue weighted by atomic mass is 32.1. The molecule has 0 bridgehead atoms. The van der Waals surface area contributed by atoms with E-state index >= 15 is 0 Å². The van der Waals surface area contributed by atoms with Crippen molar-refractivity contribution in [2.24, 2.45) is 5.92 Å². The Morgan fingerprint density at radius 2 is 2.05 bits per heavy atom. The summed E-state index contributed by atoms with van der Waals surface area (Å²) in [5.41, 5.74) is 0.